The van der Waals surface area contributed by atoms with E-state index in [4.69, 9.17) is 19.7 Å². The highest BCUT2D eigenvalue weighted by atomic mass is 35.5. The summed E-state index contributed by atoms with van der Waals surface area (Å²) in [5.41, 5.74) is 11.5. The molecule has 8 nitrogen and oxygen atoms in total. The summed E-state index contributed by atoms with van der Waals surface area (Å²) in [5, 5.41) is 0. The first-order chi connectivity index (χ1) is 16.9. The Bertz CT molecular complexity index is 1380. The molecule has 1 aromatic heterocycles. The van der Waals surface area contributed by atoms with Gasteiger partial charge in [0.25, 0.3) is 0 Å². The van der Waals surface area contributed by atoms with E-state index in [1.54, 1.807) is 0 Å². The molecule has 3 aromatic carbocycles. The molecule has 4 aromatic rings. The van der Waals surface area contributed by atoms with Crippen molar-refractivity contribution in [2.24, 2.45) is 5.73 Å². The first-order valence-electron chi connectivity index (χ1n) is 11.5. The van der Waals surface area contributed by atoms with Crippen LogP contribution >= 0.6 is 12.4 Å². The molecule has 0 radical (unpaired) electrons. The standard InChI is InChI=1S/C27H29N3O5.ClH/c1-18-13-24(33-12-4-11-28)14-19(2)25(18)22-6-3-5-21(15-22)17-34-23-9-7-20(8-10-23)16-30-26(31)29-27(32)35-30;/h3,5-10,13-15H,4,11-12,16-17,28H2,1-2H3,(H,29,31,32);1H. The zero-order valence-electron chi connectivity index (χ0n) is 20.3. The van der Waals surface area contributed by atoms with Crippen LogP contribution in [0.4, 0.5) is 0 Å². The smallest absolute Gasteiger partial charge is 0.440 e. The number of ether oxygens (including phenoxy) is 2. The minimum Gasteiger partial charge on any atom is -0.494 e. The van der Waals surface area contributed by atoms with Crippen LogP contribution in [0.25, 0.3) is 11.1 Å². The zero-order valence-corrected chi connectivity index (χ0v) is 21.1. The maximum atomic E-state index is 11.6. The number of aromatic nitrogens is 2. The van der Waals surface area contributed by atoms with Gasteiger partial charge in [-0.15, -0.1) is 17.1 Å². The molecule has 0 aliphatic carbocycles. The first-order valence-corrected chi connectivity index (χ1v) is 11.5. The molecule has 36 heavy (non-hydrogen) atoms. The quantitative estimate of drug-likeness (QED) is 0.309. The lowest BCUT2D eigenvalue weighted by Crippen LogP contribution is -2.17. The number of rotatable bonds is 10. The Hall–Kier alpha value is -3.75. The second kappa shape index (κ2) is 12.3. The summed E-state index contributed by atoms with van der Waals surface area (Å²) in [7, 11) is 0. The lowest BCUT2D eigenvalue weighted by atomic mass is 9.94. The fourth-order valence-corrected chi connectivity index (χ4v) is 3.99. The minimum absolute atomic E-state index is 0. The van der Waals surface area contributed by atoms with Crippen LogP contribution in [0, 0.1) is 13.8 Å². The van der Waals surface area contributed by atoms with Crippen molar-refractivity contribution < 1.29 is 14.0 Å². The van der Waals surface area contributed by atoms with Crippen molar-refractivity contribution >= 4 is 12.4 Å². The number of hydrogen-bond acceptors (Lipinski definition) is 6. The summed E-state index contributed by atoms with van der Waals surface area (Å²) in [5.74, 6) is 0.798. The van der Waals surface area contributed by atoms with Crippen LogP contribution in [0.1, 0.15) is 28.7 Å². The minimum atomic E-state index is -0.769. The van der Waals surface area contributed by atoms with Crippen molar-refractivity contribution in [2.75, 3.05) is 13.2 Å². The van der Waals surface area contributed by atoms with E-state index in [-0.39, 0.29) is 19.0 Å². The number of nitrogens with one attached hydrogen (secondary N) is 1. The topological polar surface area (TPSA) is 112 Å². The number of hydrogen-bond donors (Lipinski definition) is 2. The van der Waals surface area contributed by atoms with E-state index in [0.717, 1.165) is 44.7 Å². The van der Waals surface area contributed by atoms with Crippen molar-refractivity contribution in [1.29, 1.82) is 0 Å². The number of nitrogens with zero attached hydrogens (tertiary/aromatic N) is 1. The predicted molar refractivity (Wildman–Crippen MR) is 141 cm³/mol. The van der Waals surface area contributed by atoms with Gasteiger partial charge in [0.2, 0.25) is 0 Å². The average Bonchev–Trinajstić information content (AvgIpc) is 3.15. The summed E-state index contributed by atoms with van der Waals surface area (Å²) in [6, 6.07) is 19.7. The van der Waals surface area contributed by atoms with Gasteiger partial charge in [0.1, 0.15) is 18.1 Å². The lowest BCUT2D eigenvalue weighted by molar-refractivity contribution is 0.258. The van der Waals surface area contributed by atoms with E-state index in [0.29, 0.717) is 25.5 Å². The van der Waals surface area contributed by atoms with E-state index in [1.165, 1.54) is 5.56 Å². The maximum absolute atomic E-state index is 11.6. The van der Waals surface area contributed by atoms with Gasteiger partial charge in [0.15, 0.2) is 0 Å². The molecule has 0 saturated heterocycles. The largest absolute Gasteiger partial charge is 0.494 e. The molecule has 0 aliphatic rings. The molecule has 9 heteroatoms. The SMILES string of the molecule is Cc1cc(OCCCN)cc(C)c1-c1cccc(COc2ccc(Cn3oc(=O)[nH]c3=O)cc2)c1.Cl. The van der Waals surface area contributed by atoms with Gasteiger partial charge in [-0.05, 0) is 90.5 Å². The summed E-state index contributed by atoms with van der Waals surface area (Å²) in [4.78, 5) is 24.8. The highest BCUT2D eigenvalue weighted by molar-refractivity contribution is 5.85. The monoisotopic (exact) mass is 511 g/mol. The normalized spacial score (nSPS) is 10.6. The summed E-state index contributed by atoms with van der Waals surface area (Å²) < 4.78 is 17.6. The van der Waals surface area contributed by atoms with E-state index in [1.807, 2.05) is 36.4 Å². The molecule has 0 unspecified atom stereocenters. The van der Waals surface area contributed by atoms with Crippen LogP contribution in [0.2, 0.25) is 0 Å². The second-order valence-corrected chi connectivity index (χ2v) is 8.40. The third kappa shape index (κ3) is 6.68. The van der Waals surface area contributed by atoms with Gasteiger partial charge >= 0.3 is 11.4 Å². The number of benzene rings is 3. The van der Waals surface area contributed by atoms with Crippen molar-refractivity contribution in [3.05, 3.63) is 104 Å². The van der Waals surface area contributed by atoms with Gasteiger partial charge in [0, 0.05) is 0 Å². The predicted octanol–water partition coefficient (Wildman–Crippen LogP) is 4.19. The molecule has 3 N–H and O–H groups in total. The van der Waals surface area contributed by atoms with Crippen LogP contribution in [0.5, 0.6) is 11.5 Å². The van der Waals surface area contributed by atoms with Crippen molar-refractivity contribution in [2.45, 2.75) is 33.4 Å². The molecule has 0 bridgehead atoms. The zero-order chi connectivity index (χ0) is 24.8. The lowest BCUT2D eigenvalue weighted by Gasteiger charge is -2.15. The Balaban J connectivity index is 0.00000361. The van der Waals surface area contributed by atoms with Gasteiger partial charge in [-0.25, -0.2) is 14.6 Å². The molecule has 4 rings (SSSR count). The average molecular weight is 512 g/mol. The molecule has 0 atom stereocenters. The molecule has 190 valence electrons. The molecular weight excluding hydrogens is 482 g/mol. The van der Waals surface area contributed by atoms with E-state index in [9.17, 15) is 9.59 Å². The number of aryl methyl sites for hydroxylation is 2. The Morgan fingerprint density at radius 2 is 1.64 bits per heavy atom. The van der Waals surface area contributed by atoms with Crippen molar-refractivity contribution in [1.82, 2.24) is 9.72 Å². The van der Waals surface area contributed by atoms with Gasteiger partial charge < -0.3 is 19.7 Å². The number of H-pyrrole nitrogens is 1. The number of aromatic amines is 1. The molecule has 0 saturated carbocycles. The van der Waals surface area contributed by atoms with E-state index >= 15 is 0 Å². The number of halogens is 1. The Labute approximate surface area is 215 Å². The molecule has 0 fully saturated rings. The Kier molecular flexibility index (Phi) is 9.16. The third-order valence-corrected chi connectivity index (χ3v) is 5.62. The highest BCUT2D eigenvalue weighted by Gasteiger charge is 2.10. The van der Waals surface area contributed by atoms with Crippen LogP contribution < -0.4 is 26.7 Å². The summed E-state index contributed by atoms with van der Waals surface area (Å²) in [6.45, 7) is 5.99. The van der Waals surface area contributed by atoms with E-state index < -0.39 is 11.4 Å². The van der Waals surface area contributed by atoms with Crippen LogP contribution in [0.3, 0.4) is 0 Å². The fraction of sp³-hybridized carbons (Fsp3) is 0.259. The second-order valence-electron chi connectivity index (χ2n) is 8.40. The maximum Gasteiger partial charge on any atom is 0.440 e. The Morgan fingerprint density at radius 1 is 0.917 bits per heavy atom. The van der Waals surface area contributed by atoms with Gasteiger partial charge in [-0.2, -0.15) is 0 Å². The van der Waals surface area contributed by atoms with E-state index in [2.05, 4.69) is 43.1 Å². The summed E-state index contributed by atoms with van der Waals surface area (Å²) in [6.07, 6.45) is 0.829. The molecule has 0 spiro atoms. The van der Waals surface area contributed by atoms with Crippen molar-refractivity contribution in [3.8, 4) is 22.6 Å². The number of nitrogens with two attached hydrogens (primary N) is 1. The Morgan fingerprint density at radius 3 is 2.28 bits per heavy atom. The van der Waals surface area contributed by atoms with Gasteiger partial charge in [0.05, 0.1) is 13.2 Å². The molecule has 0 amide bonds. The highest BCUT2D eigenvalue weighted by Crippen LogP contribution is 2.32. The molecular formula is C27H30ClN3O5. The van der Waals surface area contributed by atoms with Crippen LogP contribution in [0.15, 0.2) is 74.8 Å². The van der Waals surface area contributed by atoms with Gasteiger partial charge in [-0.3, -0.25) is 0 Å². The first kappa shape index (κ1) is 26.8. The summed E-state index contributed by atoms with van der Waals surface area (Å²) >= 11 is 0. The van der Waals surface area contributed by atoms with Crippen LogP contribution in [-0.4, -0.2) is 22.9 Å². The molecule has 0 aliphatic heterocycles. The van der Waals surface area contributed by atoms with Crippen molar-refractivity contribution in [3.63, 3.8) is 0 Å². The fourth-order valence-electron chi connectivity index (χ4n) is 3.99. The third-order valence-electron chi connectivity index (χ3n) is 5.62. The van der Waals surface area contributed by atoms with Gasteiger partial charge in [-0.1, -0.05) is 30.3 Å². The van der Waals surface area contributed by atoms with Crippen LogP contribution in [-0.2, 0) is 13.2 Å². The molecule has 1 heterocycles.